The predicted molar refractivity (Wildman–Crippen MR) is 75.9 cm³/mol. The summed E-state index contributed by atoms with van der Waals surface area (Å²) in [4.78, 5) is 4.47. The zero-order chi connectivity index (χ0) is 13.6. The van der Waals surface area contributed by atoms with Crippen molar-refractivity contribution in [1.29, 1.82) is 0 Å². The Morgan fingerprint density at radius 1 is 1.20 bits per heavy atom. The maximum atomic E-state index is 5.92. The Labute approximate surface area is 118 Å². The Morgan fingerprint density at radius 2 is 2.10 bits per heavy atom. The second-order valence-corrected chi connectivity index (χ2v) is 5.98. The summed E-state index contributed by atoms with van der Waals surface area (Å²) in [5, 5.41) is 4.43. The topological polar surface area (TPSA) is 39.9 Å². The third kappa shape index (κ3) is 1.79. The molecule has 0 N–H and O–H groups in total. The van der Waals surface area contributed by atoms with Crippen molar-refractivity contribution in [2.45, 2.75) is 44.6 Å². The van der Waals surface area contributed by atoms with E-state index in [2.05, 4.69) is 35.2 Å². The average Bonchev–Trinajstić information content (AvgIpc) is 3.18. The van der Waals surface area contributed by atoms with E-state index in [1.807, 2.05) is 4.68 Å². The summed E-state index contributed by atoms with van der Waals surface area (Å²) in [5.74, 6) is 0.924. The van der Waals surface area contributed by atoms with Crippen LogP contribution in [-0.4, -0.2) is 21.4 Å². The summed E-state index contributed by atoms with van der Waals surface area (Å²) in [6, 6.07) is 6.65. The predicted octanol–water partition coefficient (Wildman–Crippen LogP) is 2.78. The van der Waals surface area contributed by atoms with Crippen molar-refractivity contribution in [2.75, 3.05) is 6.61 Å². The normalized spacial score (nSPS) is 25.1. The van der Waals surface area contributed by atoms with E-state index in [0.717, 1.165) is 31.0 Å². The third-order valence-electron chi connectivity index (χ3n) is 4.57. The Kier molecular flexibility index (Phi) is 2.67. The van der Waals surface area contributed by atoms with Gasteiger partial charge in [-0.3, -0.25) is 0 Å². The van der Waals surface area contributed by atoms with E-state index in [9.17, 15) is 0 Å². The van der Waals surface area contributed by atoms with E-state index in [-0.39, 0.29) is 5.60 Å². The number of nitrogens with zero attached hydrogens (tertiary/aromatic N) is 3. The fraction of sp³-hybridized carbons (Fsp3) is 0.500. The molecule has 1 fully saturated rings. The third-order valence-corrected chi connectivity index (χ3v) is 4.57. The summed E-state index contributed by atoms with van der Waals surface area (Å²) in [6.45, 7) is 2.93. The molecule has 20 heavy (non-hydrogen) atoms. The minimum Gasteiger partial charge on any atom is -0.367 e. The summed E-state index contributed by atoms with van der Waals surface area (Å²) in [5.41, 5.74) is 3.75. The second kappa shape index (κ2) is 4.42. The molecule has 2 aliphatic rings. The van der Waals surface area contributed by atoms with Crippen LogP contribution in [0, 0.1) is 0 Å². The van der Waals surface area contributed by atoms with Crippen molar-refractivity contribution >= 4 is 0 Å². The van der Waals surface area contributed by atoms with E-state index in [1.165, 1.54) is 30.4 Å². The molecule has 1 atom stereocenters. The lowest BCUT2D eigenvalue weighted by Crippen LogP contribution is -2.25. The molecule has 4 nitrogen and oxygen atoms in total. The summed E-state index contributed by atoms with van der Waals surface area (Å²) >= 11 is 0. The smallest absolute Gasteiger partial charge is 0.163 e. The summed E-state index contributed by atoms with van der Waals surface area (Å²) in [7, 11) is 0. The first-order valence-corrected chi connectivity index (χ1v) is 7.43. The lowest BCUT2D eigenvalue weighted by Gasteiger charge is -2.22. The standard InChI is InChI=1S/C16H19N3O/c1-16(8-3-9-20-16)15-17-11-18-19(15)14-7-6-12-4-2-5-13(12)10-14/h6-7,10-11H,2-5,8-9H2,1H3. The Balaban J connectivity index is 1.78. The van der Waals surface area contributed by atoms with E-state index in [1.54, 1.807) is 6.33 Å². The first-order valence-electron chi connectivity index (χ1n) is 7.43. The second-order valence-electron chi connectivity index (χ2n) is 5.98. The molecule has 0 saturated carbocycles. The summed E-state index contributed by atoms with van der Waals surface area (Å²) in [6.07, 6.45) is 7.39. The van der Waals surface area contributed by atoms with Gasteiger partial charge in [-0.25, -0.2) is 9.67 Å². The number of hydrogen-bond donors (Lipinski definition) is 0. The highest BCUT2D eigenvalue weighted by Gasteiger charge is 2.36. The van der Waals surface area contributed by atoms with E-state index in [0.29, 0.717) is 0 Å². The highest BCUT2D eigenvalue weighted by Crippen LogP contribution is 2.35. The van der Waals surface area contributed by atoms with Crippen LogP contribution in [0.2, 0.25) is 0 Å². The fourth-order valence-corrected chi connectivity index (χ4v) is 3.44. The van der Waals surface area contributed by atoms with Crippen molar-refractivity contribution in [3.8, 4) is 5.69 Å². The molecule has 4 rings (SSSR count). The fourth-order valence-electron chi connectivity index (χ4n) is 3.44. The molecule has 1 aromatic heterocycles. The first-order chi connectivity index (χ1) is 9.76. The molecule has 0 spiro atoms. The maximum absolute atomic E-state index is 5.92. The van der Waals surface area contributed by atoms with Crippen molar-refractivity contribution < 1.29 is 4.74 Å². The molecule has 1 saturated heterocycles. The van der Waals surface area contributed by atoms with Crippen LogP contribution in [0.4, 0.5) is 0 Å². The quantitative estimate of drug-likeness (QED) is 0.841. The molecule has 2 heterocycles. The highest BCUT2D eigenvalue weighted by molar-refractivity contribution is 5.43. The van der Waals surface area contributed by atoms with Gasteiger partial charge in [-0.15, -0.1) is 0 Å². The van der Waals surface area contributed by atoms with Crippen LogP contribution < -0.4 is 0 Å². The minimum atomic E-state index is -0.296. The average molecular weight is 269 g/mol. The Bertz CT molecular complexity index is 641. The molecule has 1 aromatic carbocycles. The number of hydrogen-bond acceptors (Lipinski definition) is 3. The number of rotatable bonds is 2. The van der Waals surface area contributed by atoms with Crippen LogP contribution in [0.15, 0.2) is 24.5 Å². The van der Waals surface area contributed by atoms with Gasteiger partial charge < -0.3 is 4.74 Å². The van der Waals surface area contributed by atoms with Crippen LogP contribution in [0.3, 0.4) is 0 Å². The molecule has 1 aliphatic carbocycles. The molecule has 2 aromatic rings. The van der Waals surface area contributed by atoms with E-state index >= 15 is 0 Å². The van der Waals surface area contributed by atoms with Gasteiger partial charge in [-0.2, -0.15) is 5.10 Å². The Hall–Kier alpha value is -1.68. The SMILES string of the molecule is CC1(c2ncnn2-c2ccc3c(c2)CCC3)CCCO1. The van der Waals surface area contributed by atoms with Crippen LogP contribution in [0.25, 0.3) is 5.69 Å². The first kappa shape index (κ1) is 12.1. The molecule has 104 valence electrons. The monoisotopic (exact) mass is 269 g/mol. The number of benzene rings is 1. The van der Waals surface area contributed by atoms with Crippen LogP contribution in [-0.2, 0) is 23.2 Å². The van der Waals surface area contributed by atoms with Crippen molar-refractivity contribution in [3.63, 3.8) is 0 Å². The lowest BCUT2D eigenvalue weighted by molar-refractivity contribution is 0.00765. The van der Waals surface area contributed by atoms with Gasteiger partial charge in [-0.05, 0) is 62.3 Å². The molecule has 0 bridgehead atoms. The number of fused-ring (bicyclic) bond motifs is 1. The number of aryl methyl sites for hydroxylation is 2. The molecule has 1 aliphatic heterocycles. The van der Waals surface area contributed by atoms with Gasteiger partial charge in [0.2, 0.25) is 0 Å². The van der Waals surface area contributed by atoms with Crippen molar-refractivity contribution in [3.05, 3.63) is 41.5 Å². The lowest BCUT2D eigenvalue weighted by atomic mass is 10.0. The summed E-state index contributed by atoms with van der Waals surface area (Å²) < 4.78 is 7.86. The van der Waals surface area contributed by atoms with Gasteiger partial charge >= 0.3 is 0 Å². The Morgan fingerprint density at radius 3 is 2.95 bits per heavy atom. The van der Waals surface area contributed by atoms with E-state index in [4.69, 9.17) is 4.74 Å². The van der Waals surface area contributed by atoms with E-state index < -0.39 is 0 Å². The van der Waals surface area contributed by atoms with Gasteiger partial charge in [0.1, 0.15) is 11.9 Å². The van der Waals surface area contributed by atoms with Crippen molar-refractivity contribution in [1.82, 2.24) is 14.8 Å². The van der Waals surface area contributed by atoms with Gasteiger partial charge in [-0.1, -0.05) is 6.07 Å². The molecule has 0 radical (unpaired) electrons. The van der Waals surface area contributed by atoms with Crippen LogP contribution >= 0.6 is 0 Å². The molecular weight excluding hydrogens is 250 g/mol. The molecular formula is C16H19N3O. The zero-order valence-corrected chi connectivity index (χ0v) is 11.8. The minimum absolute atomic E-state index is 0.296. The van der Waals surface area contributed by atoms with Gasteiger partial charge in [0.25, 0.3) is 0 Å². The van der Waals surface area contributed by atoms with Gasteiger partial charge in [0.05, 0.1) is 5.69 Å². The molecule has 4 heteroatoms. The number of aromatic nitrogens is 3. The van der Waals surface area contributed by atoms with Crippen LogP contribution in [0.5, 0.6) is 0 Å². The van der Waals surface area contributed by atoms with Crippen molar-refractivity contribution in [2.24, 2.45) is 0 Å². The number of ether oxygens (including phenoxy) is 1. The maximum Gasteiger partial charge on any atom is 0.163 e. The van der Waals surface area contributed by atoms with Gasteiger partial charge in [0.15, 0.2) is 5.82 Å². The molecule has 1 unspecified atom stereocenters. The largest absolute Gasteiger partial charge is 0.367 e. The molecule has 0 amide bonds. The van der Waals surface area contributed by atoms with Gasteiger partial charge in [0, 0.05) is 6.61 Å². The highest BCUT2D eigenvalue weighted by atomic mass is 16.5. The van der Waals surface area contributed by atoms with Crippen LogP contribution in [0.1, 0.15) is 43.1 Å². The zero-order valence-electron chi connectivity index (χ0n) is 11.8.